The second-order valence-corrected chi connectivity index (χ2v) is 6.17. The first-order valence-electron chi connectivity index (χ1n) is 8.06. The topological polar surface area (TPSA) is 28.2 Å². The highest BCUT2D eigenvalue weighted by Crippen LogP contribution is 2.17. The Kier molecular flexibility index (Phi) is 7.44. The first kappa shape index (κ1) is 17.7. The highest BCUT2D eigenvalue weighted by molar-refractivity contribution is 5.44. The minimum Gasteiger partial charge on any atom is -0.353 e. The lowest BCUT2D eigenvalue weighted by Crippen LogP contribution is -2.26. The number of hydrogen-bond donors (Lipinski definition) is 1. The van der Waals surface area contributed by atoms with Gasteiger partial charge in [0.2, 0.25) is 0 Å². The number of aromatic nitrogens is 1. The first-order valence-corrected chi connectivity index (χ1v) is 8.06. The molecule has 0 aliphatic heterocycles. The quantitative estimate of drug-likeness (QED) is 0.701. The molecule has 0 radical (unpaired) electrons. The summed E-state index contributed by atoms with van der Waals surface area (Å²) in [5, 5.41) is 3.51. The fourth-order valence-electron chi connectivity index (χ4n) is 2.26. The maximum Gasteiger partial charge on any atom is 0.129 e. The lowest BCUT2D eigenvalue weighted by Gasteiger charge is -2.23. The van der Waals surface area contributed by atoms with E-state index in [1.807, 2.05) is 0 Å². The summed E-state index contributed by atoms with van der Waals surface area (Å²) < 4.78 is 0. The molecule has 0 atom stereocenters. The third-order valence-electron chi connectivity index (χ3n) is 3.34. The van der Waals surface area contributed by atoms with Gasteiger partial charge in [-0.05, 0) is 50.4 Å². The van der Waals surface area contributed by atoms with Crippen LogP contribution < -0.4 is 10.2 Å². The summed E-state index contributed by atoms with van der Waals surface area (Å²) in [6.45, 7) is 18.6. The Morgan fingerprint density at radius 1 is 1.33 bits per heavy atom. The van der Waals surface area contributed by atoms with Crippen LogP contribution in [0.25, 0.3) is 0 Å². The molecular formula is C18H31N3. The van der Waals surface area contributed by atoms with Gasteiger partial charge in [-0.25, -0.2) is 4.98 Å². The van der Waals surface area contributed by atoms with Crippen molar-refractivity contribution in [1.29, 1.82) is 0 Å². The van der Waals surface area contributed by atoms with Gasteiger partial charge in [-0.2, -0.15) is 0 Å². The smallest absolute Gasteiger partial charge is 0.129 e. The molecular weight excluding hydrogens is 258 g/mol. The molecule has 1 aromatic heterocycles. The Morgan fingerprint density at radius 2 is 2.05 bits per heavy atom. The summed E-state index contributed by atoms with van der Waals surface area (Å²) >= 11 is 0. The summed E-state index contributed by atoms with van der Waals surface area (Å²) in [5.74, 6) is 1.74. The van der Waals surface area contributed by atoms with E-state index in [-0.39, 0.29) is 0 Å². The second kappa shape index (κ2) is 8.83. The summed E-state index contributed by atoms with van der Waals surface area (Å²) in [5.41, 5.74) is 3.65. The fourth-order valence-corrected chi connectivity index (χ4v) is 2.26. The number of likely N-dealkylation sites (N-methyl/N-ethyl adjacent to an activating group) is 1. The van der Waals surface area contributed by atoms with E-state index < -0.39 is 0 Å². The summed E-state index contributed by atoms with van der Waals surface area (Å²) in [6, 6.07) is 4.42. The van der Waals surface area contributed by atoms with Gasteiger partial charge in [0.1, 0.15) is 5.82 Å². The number of anilines is 1. The largest absolute Gasteiger partial charge is 0.353 e. The maximum atomic E-state index is 4.78. The Bertz CT molecular complexity index is 452. The number of nitrogens with zero attached hydrogens (tertiary/aromatic N) is 2. The molecule has 21 heavy (non-hydrogen) atoms. The van der Waals surface area contributed by atoms with Crippen LogP contribution in [0.15, 0.2) is 24.3 Å². The third-order valence-corrected chi connectivity index (χ3v) is 3.34. The van der Waals surface area contributed by atoms with Crippen molar-refractivity contribution in [2.24, 2.45) is 5.92 Å². The van der Waals surface area contributed by atoms with E-state index in [1.54, 1.807) is 0 Å². The molecule has 0 amide bonds. The van der Waals surface area contributed by atoms with Crippen LogP contribution in [-0.4, -0.2) is 24.6 Å². The number of nitrogens with one attached hydrogen (secondary N) is 1. The van der Waals surface area contributed by atoms with Crippen LogP contribution in [-0.2, 0) is 13.0 Å². The summed E-state index contributed by atoms with van der Waals surface area (Å²) in [4.78, 5) is 7.06. The van der Waals surface area contributed by atoms with Gasteiger partial charge in [0.05, 0.1) is 0 Å². The monoisotopic (exact) mass is 289 g/mol. The van der Waals surface area contributed by atoms with Gasteiger partial charge in [0, 0.05) is 25.3 Å². The zero-order valence-corrected chi connectivity index (χ0v) is 14.4. The van der Waals surface area contributed by atoms with Crippen LogP contribution in [0.2, 0.25) is 0 Å². The fraction of sp³-hybridized carbons (Fsp3) is 0.611. The van der Waals surface area contributed by atoms with Crippen molar-refractivity contribution in [2.75, 3.05) is 24.5 Å². The van der Waals surface area contributed by atoms with Crippen molar-refractivity contribution in [1.82, 2.24) is 10.3 Å². The van der Waals surface area contributed by atoms with Crippen LogP contribution in [0.4, 0.5) is 5.82 Å². The molecule has 1 heterocycles. The van der Waals surface area contributed by atoms with Gasteiger partial charge in [-0.1, -0.05) is 32.9 Å². The molecule has 0 unspecified atom stereocenters. The van der Waals surface area contributed by atoms with Crippen LogP contribution in [0.1, 0.15) is 45.9 Å². The molecule has 1 N–H and O–H groups in total. The average molecular weight is 289 g/mol. The lowest BCUT2D eigenvalue weighted by molar-refractivity contribution is 0.552. The minimum atomic E-state index is 0.674. The highest BCUT2D eigenvalue weighted by atomic mass is 15.2. The molecule has 3 heteroatoms. The number of aryl methyl sites for hydroxylation is 1. The molecule has 0 saturated carbocycles. The number of rotatable bonds is 9. The number of hydrogen-bond acceptors (Lipinski definition) is 3. The summed E-state index contributed by atoms with van der Waals surface area (Å²) in [7, 11) is 0. The van der Waals surface area contributed by atoms with Crippen LogP contribution in [0, 0.1) is 5.92 Å². The summed E-state index contributed by atoms with van der Waals surface area (Å²) in [6.07, 6.45) is 0.968. The van der Waals surface area contributed by atoms with Crippen molar-refractivity contribution in [3.8, 4) is 0 Å². The van der Waals surface area contributed by atoms with Gasteiger partial charge in [0.15, 0.2) is 0 Å². The Morgan fingerprint density at radius 3 is 2.57 bits per heavy atom. The molecule has 1 rings (SSSR count). The second-order valence-electron chi connectivity index (χ2n) is 6.17. The third kappa shape index (κ3) is 6.30. The molecule has 0 saturated heterocycles. The molecule has 0 aromatic carbocycles. The van der Waals surface area contributed by atoms with E-state index in [0.717, 1.165) is 44.1 Å². The van der Waals surface area contributed by atoms with Crippen molar-refractivity contribution < 1.29 is 0 Å². The van der Waals surface area contributed by atoms with Gasteiger partial charge in [-0.3, -0.25) is 0 Å². The standard InChI is InChI=1S/C18H31N3/c1-7-17-9-16(12-19-11-14(3)4)10-18(20-17)21(8-2)13-15(5)6/h9-10,14,19H,5,7-8,11-13H2,1-4,6H3. The normalized spacial score (nSPS) is 11.0. The Balaban J connectivity index is 2.89. The van der Waals surface area contributed by atoms with Crippen LogP contribution in [0.3, 0.4) is 0 Å². The van der Waals surface area contributed by atoms with Crippen molar-refractivity contribution >= 4 is 5.82 Å². The van der Waals surface area contributed by atoms with Crippen LogP contribution >= 0.6 is 0 Å². The molecule has 3 nitrogen and oxygen atoms in total. The minimum absolute atomic E-state index is 0.674. The van der Waals surface area contributed by atoms with Gasteiger partial charge in [0.25, 0.3) is 0 Å². The molecule has 0 fully saturated rings. The van der Waals surface area contributed by atoms with Crippen molar-refractivity contribution in [3.05, 3.63) is 35.5 Å². The zero-order valence-electron chi connectivity index (χ0n) is 14.4. The Labute approximate surface area is 130 Å². The first-order chi connectivity index (χ1) is 9.96. The molecule has 0 bridgehead atoms. The molecule has 1 aromatic rings. The molecule has 0 aliphatic rings. The van der Waals surface area contributed by atoms with Crippen molar-refractivity contribution in [3.63, 3.8) is 0 Å². The average Bonchev–Trinajstić information content (AvgIpc) is 2.43. The maximum absolute atomic E-state index is 4.78. The zero-order chi connectivity index (χ0) is 15.8. The lowest BCUT2D eigenvalue weighted by atomic mass is 10.1. The molecule has 0 spiro atoms. The molecule has 118 valence electrons. The van der Waals surface area contributed by atoms with Crippen LogP contribution in [0.5, 0.6) is 0 Å². The van der Waals surface area contributed by atoms with E-state index in [1.165, 1.54) is 11.1 Å². The van der Waals surface area contributed by atoms with Gasteiger partial charge < -0.3 is 10.2 Å². The highest BCUT2D eigenvalue weighted by Gasteiger charge is 2.09. The predicted molar refractivity (Wildman–Crippen MR) is 92.9 cm³/mol. The van der Waals surface area contributed by atoms with Gasteiger partial charge >= 0.3 is 0 Å². The SMILES string of the molecule is C=C(C)CN(CC)c1cc(CNCC(C)C)cc(CC)n1. The number of pyridine rings is 1. The van der Waals surface area contributed by atoms with E-state index >= 15 is 0 Å². The van der Waals surface area contributed by atoms with E-state index in [2.05, 4.69) is 63.5 Å². The van der Waals surface area contributed by atoms with E-state index in [9.17, 15) is 0 Å². The van der Waals surface area contributed by atoms with E-state index in [4.69, 9.17) is 4.98 Å². The van der Waals surface area contributed by atoms with Crippen molar-refractivity contribution in [2.45, 2.75) is 47.6 Å². The van der Waals surface area contributed by atoms with Gasteiger partial charge in [-0.15, -0.1) is 0 Å². The van der Waals surface area contributed by atoms with E-state index in [0.29, 0.717) is 5.92 Å². The predicted octanol–water partition coefficient (Wildman–Crippen LogP) is 3.79. The Hall–Kier alpha value is -1.35. The molecule has 0 aliphatic carbocycles.